The van der Waals surface area contributed by atoms with Crippen LogP contribution in [0.5, 0.6) is 0 Å². The first-order valence-electron chi connectivity index (χ1n) is 4.03. The Balaban J connectivity index is 1.97. The summed E-state index contributed by atoms with van der Waals surface area (Å²) < 4.78 is 0. The van der Waals surface area contributed by atoms with Crippen LogP contribution in [0.15, 0.2) is 0 Å². The zero-order valence-corrected chi connectivity index (χ0v) is 6.01. The monoisotopic (exact) mass is 136 g/mol. The van der Waals surface area contributed by atoms with Crippen molar-refractivity contribution in [2.45, 2.75) is 31.8 Å². The number of rotatable bonds is 0. The van der Waals surface area contributed by atoms with Gasteiger partial charge in [0.1, 0.15) is 0 Å². The van der Waals surface area contributed by atoms with E-state index in [4.69, 9.17) is 0 Å². The average molecular weight is 136 g/mol. The highest BCUT2D eigenvalue weighted by atomic mass is 16.3. The van der Waals surface area contributed by atoms with Crippen molar-refractivity contribution >= 4 is 0 Å². The van der Waals surface area contributed by atoms with Crippen molar-refractivity contribution in [3.63, 3.8) is 0 Å². The second-order valence-corrected chi connectivity index (χ2v) is 3.25. The van der Waals surface area contributed by atoms with E-state index < -0.39 is 0 Å². The molecule has 0 amide bonds. The van der Waals surface area contributed by atoms with Gasteiger partial charge in [-0.2, -0.15) is 0 Å². The Kier molecular flexibility index (Phi) is 1.43. The topological polar surface area (TPSA) is 20.2 Å². The van der Waals surface area contributed by atoms with Gasteiger partial charge in [-0.3, -0.25) is 0 Å². The number of aliphatic hydroxyl groups excluding tert-OH is 1. The van der Waals surface area contributed by atoms with Gasteiger partial charge >= 0.3 is 0 Å². The molecule has 0 saturated heterocycles. The molecule has 0 aromatic rings. The molecule has 0 spiro atoms. The quantitative estimate of drug-likeness (QED) is 0.496. The summed E-state index contributed by atoms with van der Waals surface area (Å²) in [6.45, 7) is 0. The zero-order valence-electron chi connectivity index (χ0n) is 6.01. The molecule has 0 heterocycles. The van der Waals surface area contributed by atoms with Gasteiger partial charge in [0.25, 0.3) is 0 Å². The van der Waals surface area contributed by atoms with Crippen LogP contribution in [0.2, 0.25) is 0 Å². The van der Waals surface area contributed by atoms with Gasteiger partial charge < -0.3 is 5.11 Å². The molecule has 1 heteroatoms. The Morgan fingerprint density at radius 2 is 1.50 bits per heavy atom. The lowest BCUT2D eigenvalue weighted by molar-refractivity contribution is 0.244. The normalized spacial score (nSPS) is 43.9. The molecule has 3 atom stereocenters. The fraction of sp³-hybridized carbons (Fsp3) is 0.778. The average Bonchev–Trinajstić information content (AvgIpc) is 2.39. The van der Waals surface area contributed by atoms with Crippen molar-refractivity contribution in [2.75, 3.05) is 0 Å². The first kappa shape index (κ1) is 6.24. The molecule has 1 nitrogen and oxygen atoms in total. The van der Waals surface area contributed by atoms with Crippen LogP contribution >= 0.6 is 0 Å². The SMILES string of the molecule is OC1[C@H]2CCC#CCC[C@@H]12. The fourth-order valence-corrected chi connectivity index (χ4v) is 1.85. The second-order valence-electron chi connectivity index (χ2n) is 3.25. The highest BCUT2D eigenvalue weighted by Gasteiger charge is 2.47. The maximum Gasteiger partial charge on any atom is 0.0604 e. The van der Waals surface area contributed by atoms with E-state index in [-0.39, 0.29) is 6.10 Å². The summed E-state index contributed by atoms with van der Waals surface area (Å²) in [4.78, 5) is 0. The van der Waals surface area contributed by atoms with Gasteiger partial charge in [-0.25, -0.2) is 0 Å². The zero-order chi connectivity index (χ0) is 6.97. The van der Waals surface area contributed by atoms with Crippen LogP contribution in [-0.2, 0) is 0 Å². The van der Waals surface area contributed by atoms with Gasteiger partial charge in [0, 0.05) is 12.8 Å². The lowest BCUT2D eigenvalue weighted by Gasteiger charge is -1.95. The molecule has 2 aliphatic carbocycles. The summed E-state index contributed by atoms with van der Waals surface area (Å²) >= 11 is 0. The molecule has 0 aliphatic heterocycles. The molecule has 1 saturated carbocycles. The van der Waals surface area contributed by atoms with Gasteiger partial charge in [-0.1, -0.05) is 0 Å². The molecule has 0 aromatic carbocycles. The van der Waals surface area contributed by atoms with Crippen LogP contribution in [0.3, 0.4) is 0 Å². The molecular weight excluding hydrogens is 124 g/mol. The highest BCUT2D eigenvalue weighted by molar-refractivity contribution is 5.07. The first-order valence-corrected chi connectivity index (χ1v) is 4.03. The maximum absolute atomic E-state index is 9.32. The third-order valence-electron chi connectivity index (χ3n) is 2.62. The van der Waals surface area contributed by atoms with Crippen LogP contribution in [0.4, 0.5) is 0 Å². The van der Waals surface area contributed by atoms with Crippen molar-refractivity contribution in [1.29, 1.82) is 0 Å². The van der Waals surface area contributed by atoms with Crippen LogP contribution < -0.4 is 0 Å². The molecule has 0 bridgehead atoms. The number of hydrogen-bond acceptors (Lipinski definition) is 1. The third kappa shape index (κ3) is 0.932. The number of hydrogen-bond donors (Lipinski definition) is 1. The molecule has 10 heavy (non-hydrogen) atoms. The molecule has 1 N–H and O–H groups in total. The van der Waals surface area contributed by atoms with E-state index in [1.54, 1.807) is 0 Å². The van der Waals surface area contributed by atoms with E-state index in [2.05, 4.69) is 11.8 Å². The number of fused-ring (bicyclic) bond motifs is 1. The minimum absolute atomic E-state index is 0.0155. The van der Waals surface area contributed by atoms with Crippen LogP contribution in [0, 0.1) is 23.7 Å². The maximum atomic E-state index is 9.32. The standard InChI is InChI=1S/C9H12O/c10-9-7-5-3-1-2-4-6-8(7)9/h7-10H,3-6H2/t7-,8+,9?. The summed E-state index contributed by atoms with van der Waals surface area (Å²) in [6, 6.07) is 0. The Labute approximate surface area is 61.4 Å². The summed E-state index contributed by atoms with van der Waals surface area (Å²) in [6.07, 6.45) is 4.26. The van der Waals surface area contributed by atoms with Crippen molar-refractivity contribution < 1.29 is 5.11 Å². The van der Waals surface area contributed by atoms with Crippen molar-refractivity contribution in [1.82, 2.24) is 0 Å². The molecule has 1 unspecified atom stereocenters. The molecule has 54 valence electrons. The van der Waals surface area contributed by atoms with E-state index >= 15 is 0 Å². The smallest absolute Gasteiger partial charge is 0.0604 e. The Bertz CT molecular complexity index is 169. The highest BCUT2D eigenvalue weighted by Crippen LogP contribution is 2.45. The Morgan fingerprint density at radius 3 is 2.00 bits per heavy atom. The Hall–Kier alpha value is -0.480. The summed E-state index contributed by atoms with van der Waals surface area (Å²) in [5.41, 5.74) is 0. The first-order chi connectivity index (χ1) is 4.89. The molecule has 1 fully saturated rings. The minimum atomic E-state index is 0.0155. The van der Waals surface area contributed by atoms with Crippen molar-refractivity contribution in [3.8, 4) is 11.8 Å². The summed E-state index contributed by atoms with van der Waals surface area (Å²) in [5.74, 6) is 7.42. The van der Waals surface area contributed by atoms with Crippen LogP contribution in [-0.4, -0.2) is 11.2 Å². The molecular formula is C9H12O. The third-order valence-corrected chi connectivity index (χ3v) is 2.62. The van der Waals surface area contributed by atoms with E-state index in [9.17, 15) is 5.11 Å². The van der Waals surface area contributed by atoms with Crippen molar-refractivity contribution in [2.24, 2.45) is 11.8 Å². The van der Waals surface area contributed by atoms with E-state index in [0.29, 0.717) is 11.8 Å². The van der Waals surface area contributed by atoms with Gasteiger partial charge in [0.05, 0.1) is 6.10 Å². The fourth-order valence-electron chi connectivity index (χ4n) is 1.85. The molecule has 2 rings (SSSR count). The lowest BCUT2D eigenvalue weighted by atomic mass is 10.1. The van der Waals surface area contributed by atoms with E-state index in [1.165, 1.54) is 0 Å². The Morgan fingerprint density at radius 1 is 1.00 bits per heavy atom. The predicted molar refractivity (Wildman–Crippen MR) is 39.2 cm³/mol. The van der Waals surface area contributed by atoms with Gasteiger partial charge in [-0.05, 0) is 24.7 Å². The molecule has 0 radical (unpaired) electrons. The predicted octanol–water partition coefficient (Wildman–Crippen LogP) is 1.17. The van der Waals surface area contributed by atoms with Crippen molar-refractivity contribution in [3.05, 3.63) is 0 Å². The molecule has 0 aromatic heterocycles. The van der Waals surface area contributed by atoms with Gasteiger partial charge in [0.2, 0.25) is 0 Å². The minimum Gasteiger partial charge on any atom is -0.393 e. The second kappa shape index (κ2) is 2.29. The summed E-state index contributed by atoms with van der Waals surface area (Å²) in [5, 5.41) is 9.32. The van der Waals surface area contributed by atoms with Gasteiger partial charge in [0.15, 0.2) is 0 Å². The van der Waals surface area contributed by atoms with Gasteiger partial charge in [-0.15, -0.1) is 11.8 Å². The largest absolute Gasteiger partial charge is 0.393 e. The molecule has 2 aliphatic rings. The van der Waals surface area contributed by atoms with Crippen LogP contribution in [0.1, 0.15) is 25.7 Å². The summed E-state index contributed by atoms with van der Waals surface area (Å²) in [7, 11) is 0. The lowest BCUT2D eigenvalue weighted by Crippen LogP contribution is -1.85. The number of aliphatic hydroxyl groups is 1. The van der Waals surface area contributed by atoms with E-state index in [1.807, 2.05) is 0 Å². The van der Waals surface area contributed by atoms with E-state index in [0.717, 1.165) is 25.7 Å². The van der Waals surface area contributed by atoms with Crippen LogP contribution in [0.25, 0.3) is 0 Å².